The van der Waals surface area contributed by atoms with Crippen LogP contribution in [-0.2, 0) is 9.59 Å². The molecule has 0 unspecified atom stereocenters. The van der Waals surface area contributed by atoms with Gasteiger partial charge in [-0.1, -0.05) is 11.8 Å². The predicted molar refractivity (Wildman–Crippen MR) is 71.6 cm³/mol. The first-order chi connectivity index (χ1) is 9.31. The number of nitrogens with two attached hydrogens (primary N) is 2. The third kappa shape index (κ3) is 9.75. The molecule has 0 aliphatic heterocycles. The number of carboxylic acid groups (broad SMARTS) is 2. The highest BCUT2D eigenvalue weighted by molar-refractivity contribution is 5.87. The number of nitrogens with one attached hydrogen (secondary N) is 1. The second-order valence-corrected chi connectivity index (χ2v) is 3.14. The molecule has 0 radical (unpaired) electrons. The van der Waals surface area contributed by atoms with Gasteiger partial charge in [0, 0.05) is 23.0 Å². The van der Waals surface area contributed by atoms with Crippen molar-refractivity contribution < 1.29 is 19.8 Å². The van der Waals surface area contributed by atoms with E-state index < -0.39 is 11.9 Å². The Morgan fingerprint density at radius 1 is 0.900 bits per heavy atom. The quantitative estimate of drug-likeness (QED) is 0.242. The van der Waals surface area contributed by atoms with Crippen molar-refractivity contribution in [1.29, 1.82) is 5.41 Å². The Morgan fingerprint density at radius 3 is 1.35 bits per heavy atom. The van der Waals surface area contributed by atoms with E-state index in [4.69, 9.17) is 15.6 Å². The zero-order valence-corrected chi connectivity index (χ0v) is 10.2. The summed E-state index contributed by atoms with van der Waals surface area (Å²) in [4.78, 5) is 20.3. The Labute approximate surface area is 114 Å². The zero-order chi connectivity index (χ0) is 15.5. The van der Waals surface area contributed by atoms with Gasteiger partial charge in [-0.2, -0.15) is 0 Å². The number of carbonyl (C=O) groups is 2. The molecule has 1 aromatic carbocycles. The molecule has 0 amide bonds. The lowest BCUT2D eigenvalue weighted by Gasteiger charge is -1.90. The molecule has 0 atom stereocenters. The Morgan fingerprint density at radius 2 is 1.15 bits per heavy atom. The first-order valence-corrected chi connectivity index (χ1v) is 5.00. The number of benzene rings is 1. The van der Waals surface area contributed by atoms with Gasteiger partial charge in [0.2, 0.25) is 0 Å². The van der Waals surface area contributed by atoms with Crippen LogP contribution in [0.1, 0.15) is 11.1 Å². The number of carboxylic acids is 2. The maximum atomic E-state index is 10.2. The van der Waals surface area contributed by atoms with E-state index in [9.17, 15) is 9.59 Å². The van der Waals surface area contributed by atoms with E-state index in [2.05, 4.69) is 23.3 Å². The lowest BCUT2D eigenvalue weighted by atomic mass is 10.1. The fourth-order valence-corrected chi connectivity index (χ4v) is 0.888. The fourth-order valence-electron chi connectivity index (χ4n) is 0.888. The van der Waals surface area contributed by atoms with Crippen molar-refractivity contribution in [2.24, 2.45) is 11.5 Å². The maximum Gasteiger partial charge on any atom is 0.382 e. The topological polar surface area (TPSA) is 150 Å². The first kappa shape index (κ1) is 16.6. The molecular formula is C13H11N3O4. The van der Waals surface area contributed by atoms with E-state index in [1.165, 1.54) is 0 Å². The molecule has 0 bridgehead atoms. The average molecular weight is 273 g/mol. The molecule has 0 aliphatic rings. The minimum Gasteiger partial charge on any atom is -0.472 e. The lowest BCUT2D eigenvalue weighted by molar-refractivity contribution is -0.131. The summed E-state index contributed by atoms with van der Waals surface area (Å²) in [7, 11) is 0. The summed E-state index contributed by atoms with van der Waals surface area (Å²) in [5.74, 6) is 6.05. The third-order valence-corrected chi connectivity index (χ3v) is 1.51. The van der Waals surface area contributed by atoms with Crippen LogP contribution < -0.4 is 11.5 Å². The van der Waals surface area contributed by atoms with Gasteiger partial charge in [-0.3, -0.25) is 5.41 Å². The molecule has 7 nitrogen and oxygen atoms in total. The molecule has 0 spiro atoms. The molecule has 0 saturated heterocycles. The summed E-state index contributed by atoms with van der Waals surface area (Å²) in [5.41, 5.74) is 10.0. The Hall–Kier alpha value is -3.45. The number of hydrogen-bond donors (Lipinski definition) is 5. The van der Waals surface area contributed by atoms with Crippen LogP contribution in [0.2, 0.25) is 0 Å². The Balaban J connectivity index is 0.000000796. The van der Waals surface area contributed by atoms with E-state index in [0.717, 1.165) is 0 Å². The van der Waals surface area contributed by atoms with Crippen molar-refractivity contribution in [2.75, 3.05) is 0 Å². The molecule has 0 aromatic heterocycles. The van der Waals surface area contributed by atoms with Gasteiger partial charge in [0.05, 0.1) is 0 Å². The zero-order valence-electron chi connectivity index (χ0n) is 10.2. The number of aliphatic carboxylic acids is 2. The number of rotatable bonds is 0. The predicted octanol–water partition coefficient (Wildman–Crippen LogP) is -0.603. The standard InChI is InChI=1S/C12H6O4.CH5N3/c13-11(14)7-5-9-1-2-10(4-3-9)6-8-12(15)16;2-1(3)4/h1-4H,(H,13,14)(H,15,16);(H5,2,3,4). The average Bonchev–Trinajstić information content (AvgIpc) is 2.34. The third-order valence-electron chi connectivity index (χ3n) is 1.51. The molecule has 102 valence electrons. The molecule has 7 heteroatoms. The highest BCUT2D eigenvalue weighted by Gasteiger charge is 1.90. The van der Waals surface area contributed by atoms with Crippen molar-refractivity contribution in [1.82, 2.24) is 0 Å². The van der Waals surface area contributed by atoms with Crippen LogP contribution >= 0.6 is 0 Å². The van der Waals surface area contributed by atoms with Crippen LogP contribution in [0.3, 0.4) is 0 Å². The van der Waals surface area contributed by atoms with Crippen LogP contribution in [0.5, 0.6) is 0 Å². The summed E-state index contributed by atoms with van der Waals surface area (Å²) in [6, 6.07) is 6.28. The molecule has 20 heavy (non-hydrogen) atoms. The highest BCUT2D eigenvalue weighted by Crippen LogP contribution is 2.01. The molecule has 0 saturated carbocycles. The van der Waals surface area contributed by atoms with Gasteiger partial charge >= 0.3 is 11.9 Å². The van der Waals surface area contributed by atoms with Gasteiger partial charge in [0.25, 0.3) is 0 Å². The monoisotopic (exact) mass is 273 g/mol. The Kier molecular flexibility index (Phi) is 7.13. The molecule has 1 rings (SSSR count). The minimum atomic E-state index is -1.20. The van der Waals surface area contributed by atoms with Crippen molar-refractivity contribution in [3.05, 3.63) is 35.4 Å². The fraction of sp³-hybridized carbons (Fsp3) is 0. The maximum absolute atomic E-state index is 10.2. The molecule has 7 N–H and O–H groups in total. The molecule has 0 fully saturated rings. The first-order valence-electron chi connectivity index (χ1n) is 5.00. The van der Waals surface area contributed by atoms with Crippen molar-refractivity contribution in [3.63, 3.8) is 0 Å². The lowest BCUT2D eigenvalue weighted by Crippen LogP contribution is -2.20. The second kappa shape index (κ2) is 8.61. The minimum absolute atomic E-state index is 0.333. The van der Waals surface area contributed by atoms with Crippen LogP contribution in [0, 0.1) is 29.1 Å². The summed E-state index contributed by atoms with van der Waals surface area (Å²) in [5, 5.41) is 22.7. The highest BCUT2D eigenvalue weighted by atomic mass is 16.4. The van der Waals surface area contributed by atoms with E-state index in [-0.39, 0.29) is 5.96 Å². The SMILES string of the molecule is N=C(N)N.O=C(O)C#Cc1ccc(C#CC(=O)O)cc1. The molecule has 0 aliphatic carbocycles. The van der Waals surface area contributed by atoms with Gasteiger partial charge in [-0.25, -0.2) is 9.59 Å². The van der Waals surface area contributed by atoms with Crippen molar-refractivity contribution in [2.45, 2.75) is 0 Å². The largest absolute Gasteiger partial charge is 0.472 e. The summed E-state index contributed by atoms with van der Waals surface area (Å²) in [6.45, 7) is 0. The van der Waals surface area contributed by atoms with E-state index in [1.807, 2.05) is 11.8 Å². The molecule has 1 aromatic rings. The van der Waals surface area contributed by atoms with Crippen LogP contribution in [-0.4, -0.2) is 28.1 Å². The summed E-state index contributed by atoms with van der Waals surface area (Å²) < 4.78 is 0. The normalized spacial score (nSPS) is 7.60. The number of hydrogen-bond acceptors (Lipinski definition) is 3. The second-order valence-electron chi connectivity index (χ2n) is 3.14. The van der Waals surface area contributed by atoms with Gasteiger partial charge in [0.15, 0.2) is 5.96 Å². The van der Waals surface area contributed by atoms with Gasteiger partial charge in [-0.15, -0.1) is 0 Å². The van der Waals surface area contributed by atoms with Crippen LogP contribution in [0.25, 0.3) is 0 Å². The van der Waals surface area contributed by atoms with Crippen LogP contribution in [0.4, 0.5) is 0 Å². The van der Waals surface area contributed by atoms with E-state index >= 15 is 0 Å². The summed E-state index contributed by atoms with van der Waals surface area (Å²) >= 11 is 0. The van der Waals surface area contributed by atoms with Gasteiger partial charge < -0.3 is 21.7 Å². The smallest absolute Gasteiger partial charge is 0.382 e. The van der Waals surface area contributed by atoms with Crippen LogP contribution in [0.15, 0.2) is 24.3 Å². The Bertz CT molecular complexity index is 573. The van der Waals surface area contributed by atoms with Crippen molar-refractivity contribution >= 4 is 17.9 Å². The van der Waals surface area contributed by atoms with E-state index in [1.54, 1.807) is 24.3 Å². The number of guanidine groups is 1. The molecular weight excluding hydrogens is 262 g/mol. The van der Waals surface area contributed by atoms with Gasteiger partial charge in [0.1, 0.15) is 0 Å². The van der Waals surface area contributed by atoms with E-state index in [0.29, 0.717) is 11.1 Å². The summed E-state index contributed by atoms with van der Waals surface area (Å²) in [6.07, 6.45) is 0. The van der Waals surface area contributed by atoms with Gasteiger partial charge in [-0.05, 0) is 24.3 Å². The van der Waals surface area contributed by atoms with Crippen molar-refractivity contribution in [3.8, 4) is 23.7 Å². The molecule has 0 heterocycles.